The normalized spacial score (nSPS) is 36.4. The number of aromatic nitrogens is 1. The van der Waals surface area contributed by atoms with Crippen molar-refractivity contribution in [2.24, 2.45) is 23.7 Å². The van der Waals surface area contributed by atoms with E-state index in [2.05, 4.69) is 15.6 Å². The van der Waals surface area contributed by atoms with E-state index in [4.69, 9.17) is 28.4 Å². The van der Waals surface area contributed by atoms with Gasteiger partial charge in [-0.2, -0.15) is 0 Å². The van der Waals surface area contributed by atoms with Gasteiger partial charge in [0.2, 0.25) is 0 Å². The third-order valence-corrected chi connectivity index (χ3v) is 12.6. The van der Waals surface area contributed by atoms with Crippen LogP contribution in [-0.4, -0.2) is 126 Å². The second-order valence-electron chi connectivity index (χ2n) is 17.6. The smallest absolute Gasteiger partial charge is 0.408 e. The maximum absolute atomic E-state index is 14.5. The molecule has 0 spiro atoms. The molecule has 2 aromatic rings. The lowest BCUT2D eigenvalue weighted by Crippen LogP contribution is -2.61. The minimum Gasteiger partial charge on any atom is -0.458 e. The van der Waals surface area contributed by atoms with Crippen molar-refractivity contribution in [3.63, 3.8) is 0 Å². The summed E-state index contributed by atoms with van der Waals surface area (Å²) in [6, 6.07) is 8.45. The third-order valence-electron chi connectivity index (χ3n) is 12.6. The highest BCUT2D eigenvalue weighted by atomic mass is 16.7. The lowest BCUT2D eigenvalue weighted by Gasteiger charge is -2.48. The number of fused-ring (bicyclic) bond motifs is 2. The van der Waals surface area contributed by atoms with Crippen LogP contribution in [0.1, 0.15) is 87.1 Å². The Labute approximate surface area is 358 Å². The summed E-state index contributed by atoms with van der Waals surface area (Å²) < 4.78 is 37.2. The summed E-state index contributed by atoms with van der Waals surface area (Å²) in [5.41, 5.74) is -1.47. The molecule has 16 nitrogen and oxygen atoms in total. The topological polar surface area (TPSA) is 201 Å². The van der Waals surface area contributed by atoms with Gasteiger partial charge in [-0.1, -0.05) is 58.0 Å². The lowest BCUT2D eigenvalue weighted by atomic mass is 9.73. The highest BCUT2D eigenvalue weighted by Gasteiger charge is 2.58. The largest absolute Gasteiger partial charge is 0.458 e. The van der Waals surface area contributed by atoms with Crippen molar-refractivity contribution in [1.29, 1.82) is 0 Å². The number of aliphatic hydroxyl groups excluding tert-OH is 1. The molecule has 0 bridgehead atoms. The SMILES string of the molecule is CC[C@H]1OC(=O)[C@H](C)[C@@H](O)[C@H](C)[C@@H](O[C@@H]2O[C@H](C)C[C@H](N(C)C)[C@H]2OC(C)=O)[C@](C)(OC(=O)NCC=Cc2cnc3ccccc3c2)C[C@@H](C)C(=O)[C@H](C)[C@H]2NC(=O)O[C@@]21C. The van der Waals surface area contributed by atoms with E-state index in [0.29, 0.717) is 6.42 Å². The number of hydrogen-bond donors (Lipinski definition) is 3. The molecule has 0 aliphatic carbocycles. The number of ketones is 1. The first-order valence-electron chi connectivity index (χ1n) is 21.2. The Kier molecular flexibility index (Phi) is 15.2. The number of carbonyl (C=O) groups excluding carboxylic acids is 5. The first-order valence-corrected chi connectivity index (χ1v) is 21.2. The number of cyclic esters (lactones) is 1. The Morgan fingerprint density at radius 3 is 2.46 bits per heavy atom. The van der Waals surface area contributed by atoms with Crippen LogP contribution in [0.5, 0.6) is 0 Å². The van der Waals surface area contributed by atoms with E-state index in [-0.39, 0.29) is 37.3 Å². The zero-order valence-electron chi connectivity index (χ0n) is 37.2. The Balaban J connectivity index is 1.55. The molecule has 3 aliphatic heterocycles. The van der Waals surface area contributed by atoms with Crippen molar-refractivity contribution in [2.75, 3.05) is 20.6 Å². The van der Waals surface area contributed by atoms with Crippen LogP contribution in [0.4, 0.5) is 9.59 Å². The van der Waals surface area contributed by atoms with Gasteiger partial charge < -0.3 is 49.1 Å². The third kappa shape index (κ3) is 10.7. The molecule has 3 saturated heterocycles. The number of para-hydroxylation sites is 1. The summed E-state index contributed by atoms with van der Waals surface area (Å²) >= 11 is 0. The van der Waals surface area contributed by atoms with E-state index >= 15 is 0 Å². The summed E-state index contributed by atoms with van der Waals surface area (Å²) in [5.74, 6) is -5.51. The molecule has 0 radical (unpaired) electrons. The van der Waals surface area contributed by atoms with Crippen LogP contribution >= 0.6 is 0 Å². The van der Waals surface area contributed by atoms with Gasteiger partial charge in [-0.05, 0) is 78.7 Å². The Hall–Kier alpha value is -4.64. The molecule has 61 heavy (non-hydrogen) atoms. The monoisotopic (exact) mass is 852 g/mol. The molecule has 0 saturated carbocycles. The molecule has 3 N–H and O–H groups in total. The summed E-state index contributed by atoms with van der Waals surface area (Å²) in [5, 5.41) is 18.6. The van der Waals surface area contributed by atoms with Crippen LogP contribution in [0, 0.1) is 23.7 Å². The van der Waals surface area contributed by atoms with Gasteiger partial charge in [0, 0.05) is 42.8 Å². The molecule has 16 heteroatoms. The van der Waals surface area contributed by atoms with Crippen LogP contribution in [0.15, 0.2) is 42.6 Å². The minimum atomic E-state index is -1.72. The summed E-state index contributed by atoms with van der Waals surface area (Å²) in [4.78, 5) is 74.2. The van der Waals surface area contributed by atoms with Gasteiger partial charge in [0.1, 0.15) is 23.6 Å². The lowest BCUT2D eigenvalue weighted by molar-refractivity contribution is -0.300. The van der Waals surface area contributed by atoms with Crippen LogP contribution < -0.4 is 10.6 Å². The Morgan fingerprint density at radius 1 is 1.08 bits per heavy atom. The summed E-state index contributed by atoms with van der Waals surface area (Å²) in [6.07, 6.45) is -2.00. The Bertz CT molecular complexity index is 1940. The number of likely N-dealkylation sites (N-methyl/N-ethyl adjacent to an activating group) is 1. The van der Waals surface area contributed by atoms with Gasteiger partial charge in [-0.3, -0.25) is 19.4 Å². The van der Waals surface area contributed by atoms with Gasteiger partial charge in [0.25, 0.3) is 0 Å². The maximum Gasteiger partial charge on any atom is 0.408 e. The van der Waals surface area contributed by atoms with Gasteiger partial charge in [-0.15, -0.1) is 0 Å². The minimum absolute atomic E-state index is 0.0562. The predicted molar refractivity (Wildman–Crippen MR) is 225 cm³/mol. The number of nitrogens with zero attached hydrogens (tertiary/aromatic N) is 2. The number of rotatable bonds is 9. The molecular weight excluding hydrogens is 789 g/mol. The molecule has 5 rings (SSSR count). The number of hydrogen-bond acceptors (Lipinski definition) is 14. The average Bonchev–Trinajstić information content (AvgIpc) is 3.52. The molecule has 0 unspecified atom stereocenters. The molecular formula is C45H64N4O12. The number of benzene rings is 1. The van der Waals surface area contributed by atoms with Crippen molar-refractivity contribution in [1.82, 2.24) is 20.5 Å². The van der Waals surface area contributed by atoms with Crippen molar-refractivity contribution in [3.8, 4) is 0 Å². The maximum atomic E-state index is 14.5. The van der Waals surface area contributed by atoms with Crippen LogP contribution in [0.2, 0.25) is 0 Å². The molecule has 3 aliphatic rings. The number of pyridine rings is 1. The van der Waals surface area contributed by atoms with Crippen molar-refractivity contribution in [3.05, 3.63) is 48.2 Å². The van der Waals surface area contributed by atoms with E-state index in [1.807, 2.05) is 62.3 Å². The zero-order valence-corrected chi connectivity index (χ0v) is 37.2. The number of carbonyl (C=O) groups is 5. The number of amides is 2. The fraction of sp³-hybridized carbons (Fsp3) is 0.644. The van der Waals surface area contributed by atoms with Crippen molar-refractivity contribution in [2.45, 2.75) is 142 Å². The van der Waals surface area contributed by atoms with E-state index in [1.165, 1.54) is 13.8 Å². The molecule has 3 fully saturated rings. The van der Waals surface area contributed by atoms with Gasteiger partial charge in [0.05, 0.1) is 35.7 Å². The number of esters is 2. The first-order chi connectivity index (χ1) is 28.7. The van der Waals surface area contributed by atoms with Crippen molar-refractivity contribution < 1.29 is 57.5 Å². The van der Waals surface area contributed by atoms with Crippen molar-refractivity contribution >= 4 is 46.9 Å². The van der Waals surface area contributed by atoms with Crippen LogP contribution in [-0.2, 0) is 42.8 Å². The number of aliphatic hydroxyl groups is 1. The van der Waals surface area contributed by atoms with Gasteiger partial charge in [-0.25, -0.2) is 9.59 Å². The quantitative estimate of drug-likeness (QED) is 0.220. The first kappa shape index (κ1) is 47.4. The summed E-state index contributed by atoms with van der Waals surface area (Å²) in [6.45, 7) is 14.7. The van der Waals surface area contributed by atoms with Crippen LogP contribution in [0.3, 0.4) is 0 Å². The van der Waals surface area contributed by atoms with E-state index in [0.717, 1.165) is 16.5 Å². The van der Waals surface area contributed by atoms with E-state index in [1.54, 1.807) is 53.8 Å². The van der Waals surface area contributed by atoms with Gasteiger partial charge >= 0.3 is 24.1 Å². The second-order valence-corrected chi connectivity index (χ2v) is 17.6. The average molecular weight is 853 g/mol. The fourth-order valence-corrected chi connectivity index (χ4v) is 9.31. The van der Waals surface area contributed by atoms with E-state index < -0.39 is 95.7 Å². The highest BCUT2D eigenvalue weighted by Crippen LogP contribution is 2.41. The molecule has 4 heterocycles. The summed E-state index contributed by atoms with van der Waals surface area (Å²) in [7, 11) is 3.70. The van der Waals surface area contributed by atoms with Gasteiger partial charge in [0.15, 0.2) is 18.0 Å². The second kappa shape index (κ2) is 19.6. The molecule has 1 aromatic carbocycles. The highest BCUT2D eigenvalue weighted by molar-refractivity contribution is 5.85. The zero-order chi connectivity index (χ0) is 45.0. The fourth-order valence-electron chi connectivity index (χ4n) is 9.31. The predicted octanol–water partition coefficient (Wildman–Crippen LogP) is 5.18. The number of alkyl carbamates (subject to hydrolysis) is 2. The number of ether oxygens (including phenoxy) is 6. The Morgan fingerprint density at radius 2 is 1.79 bits per heavy atom. The number of nitrogens with one attached hydrogen (secondary N) is 2. The molecule has 2 amide bonds. The van der Waals surface area contributed by atoms with E-state index in [9.17, 15) is 29.1 Å². The molecule has 336 valence electrons. The standard InChI is InChI=1S/C45H64N4O12/c1-12-34-45(9)38(48-43(55)61-45)26(4)35(51)24(2)22-44(8,60-42(54)46-19-15-16-30-21-31-17-13-14-18-32(31)47-23-30)39(27(5)36(52)28(6)40(53)58-34)59-41-37(57-29(7)50)33(49(10)11)20-25(3)56-41/h13-18,21,23-28,33-34,36-39,41,52H,12,19-20,22H2,1-11H3,(H,46,54)(H,48,55)/t24-,25-,26+,27+,28-,33+,34-,36+,37-,38-,39-,41+,44-,45-/m1/s1. The number of Topliss-reactive ketones (excluding diaryl/α,β-unsaturated/α-hetero) is 1. The molecule has 1 aromatic heterocycles. The van der Waals surface area contributed by atoms with Crippen LogP contribution in [0.25, 0.3) is 17.0 Å². The molecule has 14 atom stereocenters.